The second-order valence-corrected chi connectivity index (χ2v) is 7.48. The minimum absolute atomic E-state index is 0.0372. The summed E-state index contributed by atoms with van der Waals surface area (Å²) in [6.07, 6.45) is 2.72. The van der Waals surface area contributed by atoms with E-state index >= 15 is 0 Å². The maximum atomic E-state index is 12.9. The van der Waals surface area contributed by atoms with Crippen molar-refractivity contribution in [1.29, 1.82) is 0 Å². The minimum Gasteiger partial charge on any atom is -0.495 e. The summed E-state index contributed by atoms with van der Waals surface area (Å²) < 4.78 is 32.5. The Hall–Kier alpha value is -1.11. The molecule has 1 aliphatic rings. The van der Waals surface area contributed by atoms with Crippen LogP contribution < -0.4 is 10.1 Å². The van der Waals surface area contributed by atoms with Crippen molar-refractivity contribution in [2.24, 2.45) is 0 Å². The first-order chi connectivity index (χ1) is 9.96. The van der Waals surface area contributed by atoms with Gasteiger partial charge in [-0.3, -0.25) is 0 Å². The zero-order valence-electron chi connectivity index (χ0n) is 12.9. The number of aryl methyl sites for hydroxylation is 1. The van der Waals surface area contributed by atoms with Crippen molar-refractivity contribution in [2.45, 2.75) is 37.1 Å². The SMILES string of the molecule is COc1ccc(C)cc1S(=O)(=O)N(C)C1CCCNCC1. The van der Waals surface area contributed by atoms with Crippen molar-refractivity contribution in [2.75, 3.05) is 27.2 Å². The number of ether oxygens (including phenoxy) is 1. The van der Waals surface area contributed by atoms with E-state index in [2.05, 4.69) is 5.32 Å². The second-order valence-electron chi connectivity index (χ2n) is 5.51. The van der Waals surface area contributed by atoms with E-state index in [1.165, 1.54) is 11.4 Å². The van der Waals surface area contributed by atoms with Gasteiger partial charge in [-0.05, 0) is 57.0 Å². The lowest BCUT2D eigenvalue weighted by atomic mass is 10.1. The van der Waals surface area contributed by atoms with Gasteiger partial charge >= 0.3 is 0 Å². The summed E-state index contributed by atoms with van der Waals surface area (Å²) in [5.41, 5.74) is 0.908. The van der Waals surface area contributed by atoms with Crippen LogP contribution in [0.2, 0.25) is 0 Å². The number of nitrogens with zero attached hydrogens (tertiary/aromatic N) is 1. The molecule has 1 saturated heterocycles. The Labute approximate surface area is 127 Å². The molecule has 0 amide bonds. The zero-order chi connectivity index (χ0) is 15.5. The third-order valence-corrected chi connectivity index (χ3v) is 5.97. The van der Waals surface area contributed by atoms with Gasteiger partial charge in [-0.25, -0.2) is 8.42 Å². The number of hydrogen-bond donors (Lipinski definition) is 1. The standard InChI is InChI=1S/C15H24N2O3S/c1-12-6-7-14(20-3)15(11-12)21(18,19)17(2)13-5-4-9-16-10-8-13/h6-7,11,13,16H,4-5,8-10H2,1-3H3. The van der Waals surface area contributed by atoms with Gasteiger partial charge in [0.15, 0.2) is 0 Å². The quantitative estimate of drug-likeness (QED) is 0.920. The predicted molar refractivity (Wildman–Crippen MR) is 83.2 cm³/mol. The van der Waals surface area contributed by atoms with E-state index in [-0.39, 0.29) is 10.9 Å². The Morgan fingerprint density at radius 1 is 1.29 bits per heavy atom. The molecule has 118 valence electrons. The van der Waals surface area contributed by atoms with Crippen molar-refractivity contribution in [3.63, 3.8) is 0 Å². The lowest BCUT2D eigenvalue weighted by Gasteiger charge is -2.27. The normalized spacial score (nSPS) is 20.3. The molecule has 0 aliphatic carbocycles. The van der Waals surface area contributed by atoms with Gasteiger partial charge in [-0.15, -0.1) is 0 Å². The molecule has 21 heavy (non-hydrogen) atoms. The van der Waals surface area contributed by atoms with Gasteiger partial charge in [0.1, 0.15) is 10.6 Å². The molecule has 0 aromatic heterocycles. The third-order valence-electron chi connectivity index (χ3n) is 4.04. The van der Waals surface area contributed by atoms with Crippen LogP contribution in [0.4, 0.5) is 0 Å². The number of sulfonamides is 1. The van der Waals surface area contributed by atoms with Crippen LogP contribution in [0.1, 0.15) is 24.8 Å². The van der Waals surface area contributed by atoms with Crippen molar-refractivity contribution in [3.8, 4) is 5.75 Å². The van der Waals surface area contributed by atoms with E-state index in [9.17, 15) is 8.42 Å². The number of nitrogens with one attached hydrogen (secondary N) is 1. The van der Waals surface area contributed by atoms with E-state index in [0.717, 1.165) is 37.9 Å². The molecule has 1 aliphatic heterocycles. The Bertz CT molecular complexity index is 579. The fourth-order valence-corrected chi connectivity index (χ4v) is 4.36. The summed E-state index contributed by atoms with van der Waals surface area (Å²) in [6.45, 7) is 3.70. The van der Waals surface area contributed by atoms with E-state index in [1.807, 2.05) is 13.0 Å². The molecule has 6 heteroatoms. The first-order valence-corrected chi connectivity index (χ1v) is 8.74. The van der Waals surface area contributed by atoms with E-state index in [0.29, 0.717) is 5.75 Å². The number of hydrogen-bond acceptors (Lipinski definition) is 4. The highest BCUT2D eigenvalue weighted by Crippen LogP contribution is 2.29. The van der Waals surface area contributed by atoms with Gasteiger partial charge < -0.3 is 10.1 Å². The van der Waals surface area contributed by atoms with Crippen LogP contribution in [0.3, 0.4) is 0 Å². The molecule has 1 aromatic rings. The predicted octanol–water partition coefficient (Wildman–Crippen LogP) is 1.77. The molecule has 5 nitrogen and oxygen atoms in total. The van der Waals surface area contributed by atoms with Gasteiger partial charge in [-0.2, -0.15) is 4.31 Å². The van der Waals surface area contributed by atoms with Crippen LogP contribution >= 0.6 is 0 Å². The van der Waals surface area contributed by atoms with Gasteiger partial charge in [0.05, 0.1) is 7.11 Å². The molecule has 0 bridgehead atoms. The summed E-state index contributed by atoms with van der Waals surface area (Å²) in [6, 6.07) is 5.29. The first-order valence-electron chi connectivity index (χ1n) is 7.30. The maximum absolute atomic E-state index is 12.9. The van der Waals surface area contributed by atoms with Crippen LogP contribution in [0.15, 0.2) is 23.1 Å². The molecule has 1 heterocycles. The number of benzene rings is 1. The molecule has 0 saturated carbocycles. The smallest absolute Gasteiger partial charge is 0.246 e. The molecule has 1 atom stereocenters. The van der Waals surface area contributed by atoms with Crippen molar-refractivity contribution >= 4 is 10.0 Å². The second kappa shape index (κ2) is 6.77. The van der Waals surface area contributed by atoms with E-state index in [1.54, 1.807) is 19.2 Å². The molecule has 0 spiro atoms. The average Bonchev–Trinajstić information content (AvgIpc) is 2.75. The maximum Gasteiger partial charge on any atom is 0.246 e. The van der Waals surface area contributed by atoms with Gasteiger partial charge in [0.25, 0.3) is 0 Å². The lowest BCUT2D eigenvalue weighted by Crippen LogP contribution is -2.37. The summed E-state index contributed by atoms with van der Waals surface area (Å²) in [5.74, 6) is 0.402. The largest absolute Gasteiger partial charge is 0.495 e. The van der Waals surface area contributed by atoms with E-state index < -0.39 is 10.0 Å². The molecule has 2 rings (SSSR count). The fraction of sp³-hybridized carbons (Fsp3) is 0.600. The van der Waals surface area contributed by atoms with Gasteiger partial charge in [-0.1, -0.05) is 6.07 Å². The van der Waals surface area contributed by atoms with Gasteiger partial charge in [0.2, 0.25) is 10.0 Å². The zero-order valence-corrected chi connectivity index (χ0v) is 13.7. The fourth-order valence-electron chi connectivity index (χ4n) is 2.70. The van der Waals surface area contributed by atoms with Crippen molar-refractivity contribution < 1.29 is 13.2 Å². The lowest BCUT2D eigenvalue weighted by molar-refractivity contribution is 0.338. The van der Waals surface area contributed by atoms with Crippen LogP contribution in [0, 0.1) is 6.92 Å². The highest BCUT2D eigenvalue weighted by Gasteiger charge is 2.30. The summed E-state index contributed by atoms with van der Waals surface area (Å²) >= 11 is 0. The number of rotatable bonds is 4. The van der Waals surface area contributed by atoms with Crippen molar-refractivity contribution in [3.05, 3.63) is 23.8 Å². The van der Waals surface area contributed by atoms with E-state index in [4.69, 9.17) is 4.74 Å². The van der Waals surface area contributed by atoms with Gasteiger partial charge in [0, 0.05) is 13.1 Å². The van der Waals surface area contributed by atoms with Crippen molar-refractivity contribution in [1.82, 2.24) is 9.62 Å². The molecular formula is C15H24N2O3S. The highest BCUT2D eigenvalue weighted by molar-refractivity contribution is 7.89. The Morgan fingerprint density at radius 3 is 2.76 bits per heavy atom. The Balaban J connectivity index is 2.34. The third kappa shape index (κ3) is 3.56. The monoisotopic (exact) mass is 312 g/mol. The topological polar surface area (TPSA) is 58.6 Å². The van der Waals surface area contributed by atoms with Crippen LogP contribution in [0.25, 0.3) is 0 Å². The molecule has 1 fully saturated rings. The summed E-state index contributed by atoms with van der Waals surface area (Å²) in [4.78, 5) is 0.254. The van der Waals surface area contributed by atoms with Crippen LogP contribution in [-0.2, 0) is 10.0 Å². The average molecular weight is 312 g/mol. The minimum atomic E-state index is -3.54. The first kappa shape index (κ1) is 16.3. The molecule has 1 N–H and O–H groups in total. The highest BCUT2D eigenvalue weighted by atomic mass is 32.2. The molecule has 1 unspecified atom stereocenters. The number of methoxy groups -OCH3 is 1. The van der Waals surface area contributed by atoms with Crippen LogP contribution in [0.5, 0.6) is 5.75 Å². The Morgan fingerprint density at radius 2 is 2.05 bits per heavy atom. The van der Waals surface area contributed by atoms with Crippen LogP contribution in [-0.4, -0.2) is 46.0 Å². The molecular weight excluding hydrogens is 288 g/mol. The summed E-state index contributed by atoms with van der Waals surface area (Å²) in [5, 5.41) is 3.31. The Kier molecular flexibility index (Phi) is 5.24. The molecule has 0 radical (unpaired) electrons. The summed E-state index contributed by atoms with van der Waals surface area (Å²) in [7, 11) is -0.367. The molecule has 1 aromatic carbocycles.